The maximum Gasteiger partial charge on any atom is 0.435 e. The van der Waals surface area contributed by atoms with Gasteiger partial charge in [0, 0.05) is 24.8 Å². The number of likely N-dealkylation sites (tertiary alicyclic amines) is 1. The third-order valence-corrected chi connectivity index (χ3v) is 4.82. The maximum atomic E-state index is 13.5. The number of aromatic nitrogens is 2. The second-order valence-electron chi connectivity index (χ2n) is 7.74. The van der Waals surface area contributed by atoms with Crippen molar-refractivity contribution in [2.75, 3.05) is 19.6 Å². The van der Waals surface area contributed by atoms with Crippen LogP contribution < -0.4 is 5.32 Å². The lowest BCUT2D eigenvalue weighted by molar-refractivity contribution is -0.142. The van der Waals surface area contributed by atoms with Crippen molar-refractivity contribution in [2.24, 2.45) is 5.92 Å². The van der Waals surface area contributed by atoms with E-state index in [1.165, 1.54) is 4.68 Å². The third-order valence-electron chi connectivity index (χ3n) is 4.82. The molecule has 1 unspecified atom stereocenters. The Kier molecular flexibility index (Phi) is 6.37. The number of carbonyl (C=O) groups excluding carboxylic acids is 1. The predicted molar refractivity (Wildman–Crippen MR) is 94.1 cm³/mol. The Bertz CT molecular complexity index is 637. The molecule has 26 heavy (non-hydrogen) atoms. The Balaban J connectivity index is 2.38. The van der Waals surface area contributed by atoms with E-state index < -0.39 is 17.8 Å². The second-order valence-corrected chi connectivity index (χ2v) is 7.74. The molecule has 0 bridgehead atoms. The van der Waals surface area contributed by atoms with Gasteiger partial charge in [-0.3, -0.25) is 14.4 Å². The molecule has 8 heteroatoms. The van der Waals surface area contributed by atoms with Crippen LogP contribution >= 0.6 is 0 Å². The Labute approximate surface area is 152 Å². The lowest BCUT2D eigenvalue weighted by Crippen LogP contribution is -2.41. The van der Waals surface area contributed by atoms with E-state index in [1.807, 2.05) is 13.8 Å². The summed E-state index contributed by atoms with van der Waals surface area (Å²) in [5.74, 6) is -0.548. The van der Waals surface area contributed by atoms with Crippen molar-refractivity contribution in [3.8, 4) is 0 Å². The quantitative estimate of drug-likeness (QED) is 0.856. The van der Waals surface area contributed by atoms with Crippen LogP contribution in [0.2, 0.25) is 0 Å². The van der Waals surface area contributed by atoms with E-state index in [4.69, 9.17) is 0 Å². The second kappa shape index (κ2) is 7.98. The standard InChI is InChI=1S/C18H29F3N4O/c1-11(2)9-22-17(26)15-13(5)25(23-16(15)18(19,20)21)14-7-6-8-24(10-14)12(3)4/h11-12,14H,6-10H2,1-5H3,(H,22,26). The fourth-order valence-electron chi connectivity index (χ4n) is 3.38. The summed E-state index contributed by atoms with van der Waals surface area (Å²) < 4.78 is 41.9. The minimum Gasteiger partial charge on any atom is -0.352 e. The van der Waals surface area contributed by atoms with Crippen LogP contribution in [0.15, 0.2) is 0 Å². The van der Waals surface area contributed by atoms with Gasteiger partial charge < -0.3 is 5.32 Å². The van der Waals surface area contributed by atoms with Crippen LogP contribution in [0, 0.1) is 12.8 Å². The number of nitrogens with one attached hydrogen (secondary N) is 1. The van der Waals surface area contributed by atoms with Gasteiger partial charge in [0.2, 0.25) is 0 Å². The SMILES string of the molecule is Cc1c(C(=O)NCC(C)C)c(C(F)(F)F)nn1C1CCCN(C(C)C)C1. The molecule has 0 aliphatic carbocycles. The van der Waals surface area contributed by atoms with E-state index >= 15 is 0 Å². The van der Waals surface area contributed by atoms with Crippen molar-refractivity contribution in [3.05, 3.63) is 17.0 Å². The van der Waals surface area contributed by atoms with Crippen LogP contribution in [0.1, 0.15) is 68.3 Å². The molecule has 1 saturated heterocycles. The van der Waals surface area contributed by atoms with Gasteiger partial charge in [0.25, 0.3) is 5.91 Å². The Morgan fingerprint density at radius 2 is 1.96 bits per heavy atom. The van der Waals surface area contributed by atoms with Crippen molar-refractivity contribution in [1.82, 2.24) is 20.0 Å². The average Bonchev–Trinajstić information content (AvgIpc) is 2.90. The molecule has 1 aliphatic heterocycles. The fourth-order valence-corrected chi connectivity index (χ4v) is 3.38. The minimum absolute atomic E-state index is 0.154. The Morgan fingerprint density at radius 1 is 1.31 bits per heavy atom. The smallest absolute Gasteiger partial charge is 0.352 e. The predicted octanol–water partition coefficient (Wildman–Crippen LogP) is 3.64. The molecular weight excluding hydrogens is 345 g/mol. The number of rotatable bonds is 5. The molecule has 0 aromatic carbocycles. The fraction of sp³-hybridized carbons (Fsp3) is 0.778. The summed E-state index contributed by atoms with van der Waals surface area (Å²) in [7, 11) is 0. The van der Waals surface area contributed by atoms with Crippen LogP contribution in [0.5, 0.6) is 0 Å². The lowest BCUT2D eigenvalue weighted by atomic mass is 10.0. The molecule has 148 valence electrons. The number of carbonyl (C=O) groups is 1. The van der Waals surface area contributed by atoms with E-state index in [0.717, 1.165) is 19.4 Å². The highest BCUT2D eigenvalue weighted by molar-refractivity contribution is 5.96. The van der Waals surface area contributed by atoms with Crippen LogP contribution in [0.4, 0.5) is 13.2 Å². The first kappa shape index (κ1) is 20.7. The number of hydrogen-bond acceptors (Lipinski definition) is 3. The zero-order valence-corrected chi connectivity index (χ0v) is 16.2. The highest BCUT2D eigenvalue weighted by Crippen LogP contribution is 2.35. The van der Waals surface area contributed by atoms with Crippen LogP contribution in [-0.4, -0.2) is 46.3 Å². The van der Waals surface area contributed by atoms with Crippen molar-refractivity contribution in [1.29, 1.82) is 0 Å². The van der Waals surface area contributed by atoms with Gasteiger partial charge in [-0.1, -0.05) is 13.8 Å². The molecule has 1 atom stereocenters. The molecule has 2 rings (SSSR count). The lowest BCUT2D eigenvalue weighted by Gasteiger charge is -2.35. The average molecular weight is 374 g/mol. The summed E-state index contributed by atoms with van der Waals surface area (Å²) in [5, 5.41) is 6.44. The number of halogens is 3. The number of amides is 1. The largest absolute Gasteiger partial charge is 0.435 e. The molecule has 1 aromatic heterocycles. The van der Waals surface area contributed by atoms with Crippen molar-refractivity contribution < 1.29 is 18.0 Å². The molecule has 2 heterocycles. The summed E-state index contributed by atoms with van der Waals surface area (Å²) in [6, 6.07) is 0.170. The summed E-state index contributed by atoms with van der Waals surface area (Å²) in [6.07, 6.45) is -3.00. The van der Waals surface area contributed by atoms with E-state index in [0.29, 0.717) is 19.1 Å². The van der Waals surface area contributed by atoms with Gasteiger partial charge in [0.1, 0.15) is 0 Å². The van der Waals surface area contributed by atoms with E-state index in [9.17, 15) is 18.0 Å². The molecule has 1 aromatic rings. The van der Waals surface area contributed by atoms with Gasteiger partial charge in [-0.2, -0.15) is 18.3 Å². The molecule has 5 nitrogen and oxygen atoms in total. The molecule has 1 fully saturated rings. The van der Waals surface area contributed by atoms with E-state index in [2.05, 4.69) is 29.2 Å². The minimum atomic E-state index is -4.66. The molecule has 1 amide bonds. The Hall–Kier alpha value is -1.57. The van der Waals surface area contributed by atoms with Crippen LogP contribution in [0.25, 0.3) is 0 Å². The summed E-state index contributed by atoms with van der Waals surface area (Å²) in [6.45, 7) is 11.4. The number of hydrogen-bond donors (Lipinski definition) is 1. The zero-order chi connectivity index (χ0) is 19.6. The molecule has 0 radical (unpaired) electrons. The van der Waals surface area contributed by atoms with E-state index in [-0.39, 0.29) is 23.2 Å². The normalized spacial score (nSPS) is 19.4. The van der Waals surface area contributed by atoms with Gasteiger partial charge in [-0.25, -0.2) is 0 Å². The maximum absolute atomic E-state index is 13.5. The van der Waals surface area contributed by atoms with Crippen LogP contribution in [0.3, 0.4) is 0 Å². The highest BCUT2D eigenvalue weighted by Gasteiger charge is 2.41. The molecule has 0 spiro atoms. The van der Waals surface area contributed by atoms with Gasteiger partial charge in [0.05, 0.1) is 11.6 Å². The van der Waals surface area contributed by atoms with Crippen molar-refractivity contribution in [2.45, 2.75) is 65.7 Å². The summed E-state index contributed by atoms with van der Waals surface area (Å²) in [5.41, 5.74) is -1.15. The van der Waals surface area contributed by atoms with Crippen molar-refractivity contribution >= 4 is 5.91 Å². The first-order valence-electron chi connectivity index (χ1n) is 9.20. The third kappa shape index (κ3) is 4.58. The van der Waals surface area contributed by atoms with Crippen LogP contribution in [-0.2, 0) is 6.18 Å². The molecule has 0 saturated carbocycles. The first-order chi connectivity index (χ1) is 12.0. The number of nitrogens with zero attached hydrogens (tertiary/aromatic N) is 3. The highest BCUT2D eigenvalue weighted by atomic mass is 19.4. The monoisotopic (exact) mass is 374 g/mol. The summed E-state index contributed by atoms with van der Waals surface area (Å²) >= 11 is 0. The van der Waals surface area contributed by atoms with E-state index in [1.54, 1.807) is 6.92 Å². The van der Waals surface area contributed by atoms with Gasteiger partial charge in [0.15, 0.2) is 5.69 Å². The zero-order valence-electron chi connectivity index (χ0n) is 16.2. The number of piperidine rings is 1. The summed E-state index contributed by atoms with van der Waals surface area (Å²) in [4.78, 5) is 14.7. The van der Waals surface area contributed by atoms with Crippen molar-refractivity contribution in [3.63, 3.8) is 0 Å². The number of alkyl halides is 3. The van der Waals surface area contributed by atoms with Gasteiger partial charge >= 0.3 is 6.18 Å². The molecular formula is C18H29F3N4O. The van der Waals surface area contributed by atoms with Gasteiger partial charge in [-0.15, -0.1) is 0 Å². The van der Waals surface area contributed by atoms with Gasteiger partial charge in [-0.05, 0) is 46.1 Å². The topological polar surface area (TPSA) is 50.2 Å². The first-order valence-corrected chi connectivity index (χ1v) is 9.20. The molecule has 1 N–H and O–H groups in total. The Morgan fingerprint density at radius 3 is 2.50 bits per heavy atom. The molecule has 1 aliphatic rings.